The minimum atomic E-state index is -0.327. The van der Waals surface area contributed by atoms with E-state index in [1.54, 1.807) is 18.2 Å². The van der Waals surface area contributed by atoms with E-state index in [-0.39, 0.29) is 29.2 Å². The van der Waals surface area contributed by atoms with Gasteiger partial charge in [-0.1, -0.05) is 18.2 Å². The van der Waals surface area contributed by atoms with Gasteiger partial charge in [-0.3, -0.25) is 9.59 Å². The highest BCUT2D eigenvalue weighted by Gasteiger charge is 2.24. The van der Waals surface area contributed by atoms with Crippen molar-refractivity contribution in [3.8, 4) is 0 Å². The smallest absolute Gasteiger partial charge is 0.274 e. The van der Waals surface area contributed by atoms with Crippen LogP contribution in [-0.2, 0) is 0 Å². The predicted molar refractivity (Wildman–Crippen MR) is 83.9 cm³/mol. The number of rotatable bonds is 4. The lowest BCUT2D eigenvalue weighted by Gasteiger charge is -2.07. The zero-order chi connectivity index (χ0) is 15.5. The van der Waals surface area contributed by atoms with E-state index in [2.05, 4.69) is 15.6 Å². The van der Waals surface area contributed by atoms with Crippen molar-refractivity contribution in [2.24, 2.45) is 0 Å². The van der Waals surface area contributed by atoms with E-state index >= 15 is 0 Å². The maximum Gasteiger partial charge on any atom is 0.274 e. The molecule has 0 atom stereocenters. The Balaban J connectivity index is 1.73. The van der Waals surface area contributed by atoms with Crippen LogP contribution in [0.1, 0.15) is 39.4 Å². The molecule has 0 unspecified atom stereocenters. The van der Waals surface area contributed by atoms with Crippen LogP contribution in [0.5, 0.6) is 0 Å². The van der Waals surface area contributed by atoms with Crippen LogP contribution in [0.3, 0.4) is 0 Å². The largest absolute Gasteiger partial charge is 0.348 e. The highest BCUT2D eigenvalue weighted by molar-refractivity contribution is 6.03. The Hall–Kier alpha value is -2.69. The lowest BCUT2D eigenvalue weighted by atomic mass is 10.2. The summed E-state index contributed by atoms with van der Waals surface area (Å²) in [5, 5.41) is 5.65. The highest BCUT2D eigenvalue weighted by atomic mass is 16.2. The minimum absolute atomic E-state index is 0.227. The molecular formula is C17H17N3O2. The maximum absolute atomic E-state index is 12.2. The summed E-state index contributed by atoms with van der Waals surface area (Å²) < 4.78 is 0. The Bertz CT molecular complexity index is 723. The van der Waals surface area contributed by atoms with Crippen molar-refractivity contribution in [1.29, 1.82) is 0 Å². The van der Waals surface area contributed by atoms with Gasteiger partial charge < -0.3 is 10.6 Å². The second kappa shape index (κ2) is 5.97. The molecule has 5 heteroatoms. The Labute approximate surface area is 128 Å². The van der Waals surface area contributed by atoms with E-state index < -0.39 is 0 Å². The minimum Gasteiger partial charge on any atom is -0.348 e. The number of carbonyl (C=O) groups excluding carboxylic acids is 2. The number of anilines is 1. The van der Waals surface area contributed by atoms with Gasteiger partial charge in [0.15, 0.2) is 0 Å². The van der Waals surface area contributed by atoms with Crippen molar-refractivity contribution >= 4 is 17.5 Å². The number of amides is 2. The second-order valence-electron chi connectivity index (χ2n) is 5.48. The Kier molecular flexibility index (Phi) is 3.87. The van der Waals surface area contributed by atoms with Crippen molar-refractivity contribution in [2.45, 2.75) is 25.8 Å². The van der Waals surface area contributed by atoms with Crippen LogP contribution < -0.4 is 10.6 Å². The molecular weight excluding hydrogens is 278 g/mol. The van der Waals surface area contributed by atoms with Gasteiger partial charge in [0, 0.05) is 11.7 Å². The zero-order valence-electron chi connectivity index (χ0n) is 12.3. The molecule has 2 amide bonds. The highest BCUT2D eigenvalue weighted by Crippen LogP contribution is 2.19. The molecule has 1 aliphatic rings. The molecule has 5 nitrogen and oxygen atoms in total. The third kappa shape index (κ3) is 3.49. The molecule has 1 aromatic carbocycles. The first kappa shape index (κ1) is 14.3. The topological polar surface area (TPSA) is 71.1 Å². The molecule has 1 heterocycles. The standard InChI is InChI=1S/C17H17N3O2/c1-11-4-2-5-13(10-11)19-17(22)15-7-3-6-14(20-15)16(21)18-12-8-9-12/h2-7,10,12H,8-9H2,1H3,(H,18,21)(H,19,22). The Morgan fingerprint density at radius 2 is 1.73 bits per heavy atom. The number of aromatic nitrogens is 1. The van der Waals surface area contributed by atoms with Crippen molar-refractivity contribution in [2.75, 3.05) is 5.32 Å². The van der Waals surface area contributed by atoms with Crippen LogP contribution in [-0.4, -0.2) is 22.8 Å². The number of nitrogens with one attached hydrogen (secondary N) is 2. The predicted octanol–water partition coefficient (Wildman–Crippen LogP) is 2.53. The van der Waals surface area contributed by atoms with Crippen molar-refractivity contribution in [1.82, 2.24) is 10.3 Å². The van der Waals surface area contributed by atoms with Gasteiger partial charge in [0.25, 0.3) is 11.8 Å². The molecule has 1 fully saturated rings. The van der Waals surface area contributed by atoms with Crippen molar-refractivity contribution < 1.29 is 9.59 Å². The van der Waals surface area contributed by atoms with E-state index in [1.165, 1.54) is 0 Å². The van der Waals surface area contributed by atoms with Crippen LogP contribution in [0.2, 0.25) is 0 Å². The fraction of sp³-hybridized carbons (Fsp3) is 0.235. The fourth-order valence-corrected chi connectivity index (χ4v) is 2.09. The average molecular weight is 295 g/mol. The van der Waals surface area contributed by atoms with Gasteiger partial charge >= 0.3 is 0 Å². The van der Waals surface area contributed by atoms with Gasteiger partial charge in [0.05, 0.1) is 0 Å². The van der Waals surface area contributed by atoms with E-state index in [1.807, 2.05) is 31.2 Å². The summed E-state index contributed by atoms with van der Waals surface area (Å²) in [6.45, 7) is 1.96. The Morgan fingerprint density at radius 1 is 1.05 bits per heavy atom. The quantitative estimate of drug-likeness (QED) is 0.910. The number of nitrogens with zero attached hydrogens (tertiary/aromatic N) is 1. The van der Waals surface area contributed by atoms with Gasteiger partial charge in [-0.2, -0.15) is 0 Å². The first-order chi connectivity index (χ1) is 10.6. The number of benzene rings is 1. The molecule has 2 N–H and O–H groups in total. The third-order valence-corrected chi connectivity index (χ3v) is 3.40. The molecule has 1 aliphatic carbocycles. The Morgan fingerprint density at radius 3 is 2.41 bits per heavy atom. The number of pyridine rings is 1. The monoisotopic (exact) mass is 295 g/mol. The zero-order valence-corrected chi connectivity index (χ0v) is 12.3. The lowest BCUT2D eigenvalue weighted by Crippen LogP contribution is -2.27. The average Bonchev–Trinajstić information content (AvgIpc) is 3.31. The van der Waals surface area contributed by atoms with Crippen LogP contribution >= 0.6 is 0 Å². The summed E-state index contributed by atoms with van der Waals surface area (Å²) in [6.07, 6.45) is 2.03. The molecule has 0 radical (unpaired) electrons. The lowest BCUT2D eigenvalue weighted by molar-refractivity contribution is 0.0946. The number of hydrogen-bond acceptors (Lipinski definition) is 3. The van der Waals surface area contributed by atoms with E-state index in [4.69, 9.17) is 0 Å². The van der Waals surface area contributed by atoms with Gasteiger partial charge in [-0.25, -0.2) is 4.98 Å². The summed E-state index contributed by atoms with van der Waals surface area (Å²) in [5.74, 6) is -0.556. The normalized spacial score (nSPS) is 13.5. The van der Waals surface area contributed by atoms with E-state index in [9.17, 15) is 9.59 Å². The van der Waals surface area contributed by atoms with Crippen LogP contribution in [0.15, 0.2) is 42.5 Å². The molecule has 0 aliphatic heterocycles. The molecule has 0 bridgehead atoms. The fourth-order valence-electron chi connectivity index (χ4n) is 2.09. The first-order valence-corrected chi connectivity index (χ1v) is 7.28. The van der Waals surface area contributed by atoms with Crippen LogP contribution in [0, 0.1) is 6.92 Å². The summed E-state index contributed by atoms with van der Waals surface area (Å²) in [5.41, 5.74) is 2.26. The third-order valence-electron chi connectivity index (χ3n) is 3.40. The molecule has 0 spiro atoms. The van der Waals surface area contributed by atoms with Gasteiger partial charge in [-0.05, 0) is 49.6 Å². The summed E-state index contributed by atoms with van der Waals surface area (Å²) >= 11 is 0. The van der Waals surface area contributed by atoms with E-state index in [0.717, 1.165) is 18.4 Å². The molecule has 2 aromatic rings. The van der Waals surface area contributed by atoms with Gasteiger partial charge in [0.1, 0.15) is 11.4 Å². The summed E-state index contributed by atoms with van der Waals surface area (Å²) in [6, 6.07) is 12.7. The van der Waals surface area contributed by atoms with Crippen LogP contribution in [0.4, 0.5) is 5.69 Å². The number of carbonyl (C=O) groups is 2. The second-order valence-corrected chi connectivity index (χ2v) is 5.48. The molecule has 112 valence electrons. The number of hydrogen-bond donors (Lipinski definition) is 2. The summed E-state index contributed by atoms with van der Waals surface area (Å²) in [7, 11) is 0. The van der Waals surface area contributed by atoms with E-state index in [0.29, 0.717) is 5.69 Å². The SMILES string of the molecule is Cc1cccc(NC(=O)c2cccc(C(=O)NC3CC3)n2)c1. The van der Waals surface area contributed by atoms with Crippen LogP contribution in [0.25, 0.3) is 0 Å². The molecule has 3 rings (SSSR count). The summed E-state index contributed by atoms with van der Waals surface area (Å²) in [4.78, 5) is 28.3. The maximum atomic E-state index is 12.2. The molecule has 22 heavy (non-hydrogen) atoms. The molecule has 0 saturated heterocycles. The first-order valence-electron chi connectivity index (χ1n) is 7.28. The van der Waals surface area contributed by atoms with Gasteiger partial charge in [-0.15, -0.1) is 0 Å². The molecule has 1 aromatic heterocycles. The number of aryl methyl sites for hydroxylation is 1. The van der Waals surface area contributed by atoms with Crippen molar-refractivity contribution in [3.63, 3.8) is 0 Å². The van der Waals surface area contributed by atoms with Crippen molar-refractivity contribution in [3.05, 3.63) is 59.4 Å². The molecule has 1 saturated carbocycles. The van der Waals surface area contributed by atoms with Gasteiger partial charge in [0.2, 0.25) is 0 Å².